The molecular weight excluding hydrogens is 461 g/mol. The van der Waals surface area contributed by atoms with Crippen molar-refractivity contribution in [1.29, 1.82) is 0 Å². The van der Waals surface area contributed by atoms with E-state index in [-0.39, 0.29) is 12.3 Å². The molecular formula is C21H22BrCl2N3O. The first-order valence-electron chi connectivity index (χ1n) is 9.34. The van der Waals surface area contributed by atoms with Crippen LogP contribution in [0.2, 0.25) is 10.0 Å². The van der Waals surface area contributed by atoms with Gasteiger partial charge in [0, 0.05) is 29.3 Å². The van der Waals surface area contributed by atoms with Crippen molar-refractivity contribution in [3.63, 3.8) is 0 Å². The first kappa shape index (κ1) is 21.2. The molecule has 0 saturated heterocycles. The quantitative estimate of drug-likeness (QED) is 0.398. The fourth-order valence-electron chi connectivity index (χ4n) is 3.28. The Kier molecular flexibility index (Phi) is 7.02. The van der Waals surface area contributed by atoms with Gasteiger partial charge >= 0.3 is 0 Å². The van der Waals surface area contributed by atoms with Crippen LogP contribution in [0.5, 0.6) is 0 Å². The van der Waals surface area contributed by atoms with Crippen molar-refractivity contribution in [3.05, 3.63) is 56.7 Å². The van der Waals surface area contributed by atoms with Crippen LogP contribution in [-0.2, 0) is 11.2 Å². The van der Waals surface area contributed by atoms with E-state index in [9.17, 15) is 4.79 Å². The van der Waals surface area contributed by atoms with Gasteiger partial charge in [0.15, 0.2) is 5.65 Å². The van der Waals surface area contributed by atoms with E-state index < -0.39 is 0 Å². The lowest BCUT2D eigenvalue weighted by atomic mass is 10.1. The summed E-state index contributed by atoms with van der Waals surface area (Å²) >= 11 is 16.1. The molecule has 7 heteroatoms. The molecule has 2 aromatic heterocycles. The maximum absolute atomic E-state index is 13.1. The average Bonchev–Trinajstić information content (AvgIpc) is 3.01. The van der Waals surface area contributed by atoms with Crippen LogP contribution in [0.1, 0.15) is 32.4 Å². The Morgan fingerprint density at radius 1 is 1.14 bits per heavy atom. The summed E-state index contributed by atoms with van der Waals surface area (Å²) in [5.41, 5.74) is 3.07. The minimum Gasteiger partial charge on any atom is -0.342 e. The number of imidazole rings is 1. The van der Waals surface area contributed by atoms with Crippen molar-refractivity contribution in [2.75, 3.05) is 13.1 Å². The van der Waals surface area contributed by atoms with E-state index in [1.165, 1.54) is 0 Å². The number of fused-ring (bicyclic) bond motifs is 1. The molecule has 0 unspecified atom stereocenters. The molecule has 1 aromatic carbocycles. The fourth-order valence-corrected chi connectivity index (χ4v) is 4.06. The number of hydrogen-bond acceptors (Lipinski definition) is 2. The third-order valence-corrected chi connectivity index (χ3v) is 5.53. The summed E-state index contributed by atoms with van der Waals surface area (Å²) < 4.78 is 2.83. The SMILES string of the molecule is CCCN(CCC)C(=O)Cc1c(-c2ccc(Br)cc2)nc2c(Cl)cc(Cl)cn12. The maximum Gasteiger partial charge on any atom is 0.228 e. The topological polar surface area (TPSA) is 37.6 Å². The average molecular weight is 483 g/mol. The number of pyridine rings is 1. The largest absolute Gasteiger partial charge is 0.342 e. The highest BCUT2D eigenvalue weighted by Gasteiger charge is 2.21. The molecule has 0 N–H and O–H groups in total. The summed E-state index contributed by atoms with van der Waals surface area (Å²) in [4.78, 5) is 19.7. The molecule has 0 aliphatic rings. The van der Waals surface area contributed by atoms with E-state index in [1.54, 1.807) is 12.3 Å². The maximum atomic E-state index is 13.1. The molecule has 0 radical (unpaired) electrons. The van der Waals surface area contributed by atoms with Gasteiger partial charge in [-0.1, -0.05) is 65.1 Å². The molecule has 0 atom stereocenters. The van der Waals surface area contributed by atoms with Gasteiger partial charge < -0.3 is 9.30 Å². The van der Waals surface area contributed by atoms with Gasteiger partial charge in [0.1, 0.15) is 0 Å². The van der Waals surface area contributed by atoms with E-state index in [2.05, 4.69) is 29.8 Å². The molecule has 28 heavy (non-hydrogen) atoms. The summed E-state index contributed by atoms with van der Waals surface area (Å²) in [6, 6.07) is 9.54. The van der Waals surface area contributed by atoms with Crippen molar-refractivity contribution in [2.24, 2.45) is 0 Å². The van der Waals surface area contributed by atoms with Crippen LogP contribution in [0.15, 0.2) is 41.0 Å². The lowest BCUT2D eigenvalue weighted by Gasteiger charge is -2.21. The monoisotopic (exact) mass is 481 g/mol. The van der Waals surface area contributed by atoms with Crippen molar-refractivity contribution in [2.45, 2.75) is 33.1 Å². The second kappa shape index (κ2) is 9.29. The van der Waals surface area contributed by atoms with Gasteiger partial charge in [-0.3, -0.25) is 4.79 Å². The third kappa shape index (κ3) is 4.53. The van der Waals surface area contributed by atoms with Crippen molar-refractivity contribution in [1.82, 2.24) is 14.3 Å². The number of carbonyl (C=O) groups excluding carboxylic acids is 1. The second-order valence-electron chi connectivity index (χ2n) is 6.67. The Morgan fingerprint density at radius 3 is 2.39 bits per heavy atom. The lowest BCUT2D eigenvalue weighted by Crippen LogP contribution is -2.34. The number of aromatic nitrogens is 2. The van der Waals surface area contributed by atoms with Crippen molar-refractivity contribution >= 4 is 50.7 Å². The van der Waals surface area contributed by atoms with Gasteiger partial charge in [0.25, 0.3) is 0 Å². The molecule has 0 saturated carbocycles. The molecule has 0 aliphatic heterocycles. The highest BCUT2D eigenvalue weighted by Crippen LogP contribution is 2.31. The number of benzene rings is 1. The summed E-state index contributed by atoms with van der Waals surface area (Å²) in [7, 11) is 0. The molecule has 3 aromatic rings. The Labute approximate surface area is 183 Å². The molecule has 0 bridgehead atoms. The predicted molar refractivity (Wildman–Crippen MR) is 119 cm³/mol. The van der Waals surface area contributed by atoms with E-state index in [0.717, 1.165) is 47.4 Å². The minimum absolute atomic E-state index is 0.0833. The minimum atomic E-state index is 0.0833. The zero-order valence-corrected chi connectivity index (χ0v) is 19.0. The van der Waals surface area contributed by atoms with Gasteiger partial charge in [-0.2, -0.15) is 0 Å². The molecule has 4 nitrogen and oxygen atoms in total. The molecule has 0 aliphatic carbocycles. The smallest absolute Gasteiger partial charge is 0.228 e. The number of halogens is 3. The molecule has 1 amide bonds. The highest BCUT2D eigenvalue weighted by molar-refractivity contribution is 9.10. The van der Waals surface area contributed by atoms with E-state index in [4.69, 9.17) is 28.2 Å². The zero-order chi connectivity index (χ0) is 20.3. The number of hydrogen-bond donors (Lipinski definition) is 0. The highest BCUT2D eigenvalue weighted by atomic mass is 79.9. The third-order valence-electron chi connectivity index (χ3n) is 4.52. The Bertz CT molecular complexity index is 979. The standard InChI is InChI=1S/C21H22BrCl2N3O/c1-3-9-26(10-4-2)19(28)12-18-20(14-5-7-15(22)8-6-14)25-21-17(24)11-16(23)13-27(18)21/h5-8,11,13H,3-4,9-10,12H2,1-2H3. The molecule has 0 spiro atoms. The summed E-state index contributed by atoms with van der Waals surface area (Å²) in [6.07, 6.45) is 3.86. The van der Waals surface area contributed by atoms with Gasteiger partial charge in [-0.15, -0.1) is 0 Å². The Balaban J connectivity index is 2.11. The normalized spacial score (nSPS) is 11.2. The fraction of sp³-hybridized carbons (Fsp3) is 0.333. The molecule has 0 fully saturated rings. The van der Waals surface area contributed by atoms with Gasteiger partial charge in [-0.05, 0) is 31.0 Å². The van der Waals surface area contributed by atoms with Crippen LogP contribution >= 0.6 is 39.1 Å². The summed E-state index contributed by atoms with van der Waals surface area (Å²) in [5.74, 6) is 0.0833. The summed E-state index contributed by atoms with van der Waals surface area (Å²) in [5, 5.41) is 0.966. The first-order chi connectivity index (χ1) is 13.4. The van der Waals surface area contributed by atoms with Gasteiger partial charge in [-0.25, -0.2) is 4.98 Å². The van der Waals surface area contributed by atoms with Crippen LogP contribution in [0.25, 0.3) is 16.9 Å². The number of amides is 1. The number of rotatable bonds is 7. The second-order valence-corrected chi connectivity index (χ2v) is 8.43. The van der Waals surface area contributed by atoms with Gasteiger partial charge in [0.2, 0.25) is 5.91 Å². The van der Waals surface area contributed by atoms with Crippen molar-refractivity contribution < 1.29 is 4.79 Å². The van der Waals surface area contributed by atoms with Crippen LogP contribution in [-0.4, -0.2) is 33.3 Å². The van der Waals surface area contributed by atoms with Crippen LogP contribution in [0, 0.1) is 0 Å². The van der Waals surface area contributed by atoms with Crippen LogP contribution in [0.4, 0.5) is 0 Å². The first-order valence-corrected chi connectivity index (χ1v) is 10.9. The van der Waals surface area contributed by atoms with Crippen LogP contribution in [0.3, 0.4) is 0 Å². The predicted octanol–water partition coefficient (Wildman–Crippen LogP) is 6.26. The Hall–Kier alpha value is -1.56. The van der Waals surface area contributed by atoms with Crippen LogP contribution < -0.4 is 0 Å². The number of nitrogens with zero attached hydrogens (tertiary/aromatic N) is 3. The summed E-state index contributed by atoms with van der Waals surface area (Å²) in [6.45, 7) is 5.66. The molecule has 148 valence electrons. The van der Waals surface area contributed by atoms with E-state index in [0.29, 0.717) is 15.7 Å². The van der Waals surface area contributed by atoms with E-state index >= 15 is 0 Å². The van der Waals surface area contributed by atoms with Gasteiger partial charge in [0.05, 0.1) is 27.9 Å². The van der Waals surface area contributed by atoms with Crippen molar-refractivity contribution in [3.8, 4) is 11.3 Å². The van der Waals surface area contributed by atoms with E-state index in [1.807, 2.05) is 33.6 Å². The molecule has 3 rings (SSSR count). The number of carbonyl (C=O) groups is 1. The Morgan fingerprint density at radius 2 is 1.79 bits per heavy atom. The lowest BCUT2D eigenvalue weighted by molar-refractivity contribution is -0.130. The zero-order valence-electron chi connectivity index (χ0n) is 15.9. The molecule has 2 heterocycles.